The average molecular weight is 921 g/mol. The first-order valence-electron chi connectivity index (χ1n) is 15.3. The molecule has 0 unspecified atom stereocenters. The van der Waals surface area contributed by atoms with Crippen LogP contribution >= 0.6 is 69.0 Å². The van der Waals surface area contributed by atoms with Gasteiger partial charge in [0.05, 0.1) is 38.0 Å². The van der Waals surface area contributed by atoms with Gasteiger partial charge in [-0.1, -0.05) is 34.8 Å². The highest BCUT2D eigenvalue weighted by Gasteiger charge is 2.17. The molecule has 0 aliphatic heterocycles. The fourth-order valence-electron chi connectivity index (χ4n) is 4.17. The summed E-state index contributed by atoms with van der Waals surface area (Å²) in [7, 11) is -2.41. The highest BCUT2D eigenvalue weighted by molar-refractivity contribution is 8.13. The number of nitrogens with one attached hydrogen (secondary N) is 1. The minimum absolute atomic E-state index is 0.0476. The van der Waals surface area contributed by atoms with Gasteiger partial charge in [-0.25, -0.2) is 25.6 Å². The molecular formula is C36H28Cl4F2N4O6S4. The number of thioether (sulfide) groups is 2. The van der Waals surface area contributed by atoms with Crippen molar-refractivity contribution in [2.45, 2.75) is 19.6 Å². The first-order chi connectivity index (χ1) is 26.5. The number of ether oxygens (including phenoxy) is 2. The van der Waals surface area contributed by atoms with Crippen molar-refractivity contribution < 1.29 is 35.1 Å². The van der Waals surface area contributed by atoms with E-state index in [2.05, 4.69) is 14.7 Å². The van der Waals surface area contributed by atoms with E-state index in [4.69, 9.17) is 60.7 Å². The van der Waals surface area contributed by atoms with Gasteiger partial charge >= 0.3 is 0 Å². The van der Waals surface area contributed by atoms with Crippen LogP contribution in [0.1, 0.15) is 0 Å². The second-order valence-electron chi connectivity index (χ2n) is 10.7. The van der Waals surface area contributed by atoms with Crippen molar-refractivity contribution in [2.24, 2.45) is 0 Å². The van der Waals surface area contributed by atoms with E-state index in [1.165, 1.54) is 96.8 Å². The summed E-state index contributed by atoms with van der Waals surface area (Å²) in [4.78, 5) is 9.55. The standard InChI is InChI=1S/C18H14ClFN2O3S2.C11H8ClFN2O.C7H6Cl2O2S2/c1-26-15-3-5-16(6-4-15)27(23,24)22-13-2-7-18(17(20)9-13)25-14-8-12(19)10-21-11-14;12-7-3-9(6-15-5-7)16-11-2-1-8(14)4-10(11)13;1-12-5-2-3-7(6(8)4-5)13(9,10)11/h2-11,22H,1H3;1-6H,14H2;2-4H,1H3. The molecule has 56 heavy (non-hydrogen) atoms. The number of anilines is 2. The summed E-state index contributed by atoms with van der Waals surface area (Å²) in [6, 6.07) is 22.0. The van der Waals surface area contributed by atoms with E-state index in [1.807, 2.05) is 12.5 Å². The molecule has 0 radical (unpaired) electrons. The summed E-state index contributed by atoms with van der Waals surface area (Å²) in [5, 5.41) is 0.931. The zero-order valence-corrected chi connectivity index (χ0v) is 35.1. The predicted octanol–water partition coefficient (Wildman–Crippen LogP) is 11.4. The van der Waals surface area contributed by atoms with Gasteiger partial charge < -0.3 is 15.2 Å². The molecule has 6 aromatic rings. The van der Waals surface area contributed by atoms with E-state index < -0.39 is 30.7 Å². The number of sulfonamides is 1. The van der Waals surface area contributed by atoms with Crippen LogP contribution in [-0.4, -0.2) is 39.3 Å². The van der Waals surface area contributed by atoms with Crippen LogP contribution in [-0.2, 0) is 19.1 Å². The maximum absolute atomic E-state index is 14.3. The number of halogens is 6. The summed E-state index contributed by atoms with van der Waals surface area (Å²) >= 11 is 20.2. The molecule has 2 aromatic heterocycles. The number of hydrogen-bond acceptors (Lipinski definition) is 11. The van der Waals surface area contributed by atoms with Crippen LogP contribution < -0.4 is 19.9 Å². The molecule has 0 aliphatic carbocycles. The fourth-order valence-corrected chi connectivity index (χ4v) is 7.99. The summed E-state index contributed by atoms with van der Waals surface area (Å²) in [5.41, 5.74) is 5.84. The van der Waals surface area contributed by atoms with Crippen LogP contribution in [0.4, 0.5) is 20.2 Å². The lowest BCUT2D eigenvalue weighted by Gasteiger charge is -2.11. The molecule has 6 rings (SSSR count). The van der Waals surface area contributed by atoms with Crippen molar-refractivity contribution in [3.63, 3.8) is 0 Å². The number of pyridine rings is 2. The molecule has 2 heterocycles. The highest BCUT2D eigenvalue weighted by Crippen LogP contribution is 2.31. The molecule has 0 aliphatic rings. The minimum Gasteiger partial charge on any atom is -0.453 e. The Morgan fingerprint density at radius 1 is 0.661 bits per heavy atom. The Labute approximate surface area is 350 Å². The van der Waals surface area contributed by atoms with Crippen LogP contribution in [0.3, 0.4) is 0 Å². The molecule has 294 valence electrons. The lowest BCUT2D eigenvalue weighted by atomic mass is 10.3. The zero-order chi connectivity index (χ0) is 41.0. The van der Waals surface area contributed by atoms with Gasteiger partial charge in [0, 0.05) is 62.8 Å². The highest BCUT2D eigenvalue weighted by atomic mass is 35.7. The first kappa shape index (κ1) is 44.7. The molecule has 0 saturated carbocycles. The van der Waals surface area contributed by atoms with E-state index in [-0.39, 0.29) is 37.7 Å². The fraction of sp³-hybridized carbons (Fsp3) is 0.0556. The molecule has 10 nitrogen and oxygen atoms in total. The Bertz CT molecular complexity index is 2530. The number of aromatic nitrogens is 2. The largest absolute Gasteiger partial charge is 0.453 e. The third-order valence-corrected chi connectivity index (χ3v) is 11.8. The molecule has 20 heteroatoms. The van der Waals surface area contributed by atoms with Gasteiger partial charge in [0.15, 0.2) is 23.1 Å². The molecule has 3 N–H and O–H groups in total. The summed E-state index contributed by atoms with van der Waals surface area (Å²) in [6.45, 7) is 0. The predicted molar refractivity (Wildman–Crippen MR) is 221 cm³/mol. The average Bonchev–Trinajstić information content (AvgIpc) is 3.14. The van der Waals surface area contributed by atoms with Crippen molar-refractivity contribution in [1.82, 2.24) is 9.97 Å². The number of benzene rings is 4. The van der Waals surface area contributed by atoms with Gasteiger partial charge in [-0.15, -0.1) is 23.5 Å². The molecular weight excluding hydrogens is 892 g/mol. The van der Waals surface area contributed by atoms with E-state index in [1.54, 1.807) is 36.4 Å². The Kier molecular flexibility index (Phi) is 16.3. The topological polar surface area (TPSA) is 151 Å². The first-order valence-corrected chi connectivity index (χ1v) is 22.7. The van der Waals surface area contributed by atoms with Gasteiger partial charge in [0.2, 0.25) is 0 Å². The van der Waals surface area contributed by atoms with Crippen molar-refractivity contribution in [1.29, 1.82) is 0 Å². The van der Waals surface area contributed by atoms with E-state index >= 15 is 0 Å². The molecule has 0 bridgehead atoms. The number of nitrogens with two attached hydrogens (primary N) is 1. The van der Waals surface area contributed by atoms with Gasteiger partial charge in [-0.05, 0) is 79.2 Å². The van der Waals surface area contributed by atoms with Crippen LogP contribution in [0, 0.1) is 11.6 Å². The number of nitrogens with zero attached hydrogens (tertiary/aromatic N) is 2. The quantitative estimate of drug-likeness (QED) is 0.0767. The molecule has 0 saturated heterocycles. The van der Waals surface area contributed by atoms with Crippen molar-refractivity contribution >= 4 is 99.5 Å². The van der Waals surface area contributed by atoms with E-state index in [0.717, 1.165) is 15.9 Å². The van der Waals surface area contributed by atoms with Crippen LogP contribution in [0.15, 0.2) is 135 Å². The van der Waals surface area contributed by atoms with Crippen molar-refractivity contribution in [3.8, 4) is 23.0 Å². The Hall–Kier alpha value is -4.00. The lowest BCUT2D eigenvalue weighted by molar-refractivity contribution is 0.441. The third-order valence-electron chi connectivity index (χ3n) is 6.73. The van der Waals surface area contributed by atoms with Crippen LogP contribution in [0.25, 0.3) is 0 Å². The Morgan fingerprint density at radius 3 is 1.64 bits per heavy atom. The maximum Gasteiger partial charge on any atom is 0.262 e. The molecule has 0 amide bonds. The maximum atomic E-state index is 14.3. The van der Waals surface area contributed by atoms with Crippen molar-refractivity contribution in [2.75, 3.05) is 23.0 Å². The normalized spacial score (nSPS) is 11.0. The van der Waals surface area contributed by atoms with Gasteiger partial charge in [-0.3, -0.25) is 14.7 Å². The summed E-state index contributed by atoms with van der Waals surface area (Å²) in [5.74, 6) is -0.614. The monoisotopic (exact) mass is 918 g/mol. The second kappa shape index (κ2) is 20.4. The van der Waals surface area contributed by atoms with Gasteiger partial charge in [0.25, 0.3) is 19.1 Å². The van der Waals surface area contributed by atoms with Gasteiger partial charge in [-0.2, -0.15) is 0 Å². The second-order valence-corrected chi connectivity index (χ2v) is 18.0. The molecule has 0 spiro atoms. The number of rotatable bonds is 10. The number of nitrogen functional groups attached to an aromatic ring is 1. The van der Waals surface area contributed by atoms with Crippen LogP contribution in [0.2, 0.25) is 15.1 Å². The minimum atomic E-state index is -3.83. The van der Waals surface area contributed by atoms with Crippen molar-refractivity contribution in [3.05, 3.63) is 142 Å². The smallest absolute Gasteiger partial charge is 0.262 e. The third kappa shape index (κ3) is 13.6. The number of hydrogen-bond donors (Lipinski definition) is 2. The Balaban J connectivity index is 0.000000204. The lowest BCUT2D eigenvalue weighted by Crippen LogP contribution is -2.13. The van der Waals surface area contributed by atoms with Crippen LogP contribution in [0.5, 0.6) is 23.0 Å². The Morgan fingerprint density at radius 2 is 1.18 bits per heavy atom. The van der Waals surface area contributed by atoms with E-state index in [0.29, 0.717) is 21.5 Å². The molecule has 0 atom stereocenters. The summed E-state index contributed by atoms with van der Waals surface area (Å²) < 4.78 is 87.4. The zero-order valence-electron chi connectivity index (χ0n) is 28.8. The van der Waals surface area contributed by atoms with E-state index in [9.17, 15) is 25.6 Å². The molecule has 4 aromatic carbocycles. The molecule has 0 fully saturated rings. The SMILES string of the molecule is CSc1ccc(S(=O)(=O)Cl)c(Cl)c1.CSc1ccc(S(=O)(=O)Nc2ccc(Oc3cncc(Cl)c3)c(F)c2)cc1.Nc1ccc(Oc2cncc(Cl)c2)c(F)c1. The summed E-state index contributed by atoms with van der Waals surface area (Å²) in [6.07, 6.45) is 9.50. The van der Waals surface area contributed by atoms with Gasteiger partial charge in [0.1, 0.15) is 16.4 Å².